The topological polar surface area (TPSA) is 74.8 Å². The molecule has 0 bridgehead atoms. The molecule has 8 heteroatoms. The molecule has 1 atom stereocenters. The van der Waals surface area contributed by atoms with E-state index >= 15 is 0 Å². The third-order valence-corrected chi connectivity index (χ3v) is 6.82. The monoisotopic (exact) mass is 388 g/mol. The predicted octanol–water partition coefficient (Wildman–Crippen LogP) is 2.34. The van der Waals surface area contributed by atoms with Crippen LogP contribution in [0.2, 0.25) is 0 Å². The van der Waals surface area contributed by atoms with Crippen molar-refractivity contribution >= 4 is 27.5 Å². The number of anilines is 1. The van der Waals surface area contributed by atoms with Gasteiger partial charge in [0.25, 0.3) is 15.9 Å². The summed E-state index contributed by atoms with van der Waals surface area (Å²) in [5, 5.41) is 0. The highest BCUT2D eigenvalue weighted by Crippen LogP contribution is 2.33. The molecule has 0 aliphatic carbocycles. The summed E-state index contributed by atoms with van der Waals surface area (Å²) in [4.78, 5) is 26.9. The first-order valence-electron chi connectivity index (χ1n) is 8.57. The van der Waals surface area contributed by atoms with Crippen LogP contribution in [-0.2, 0) is 21.2 Å². The van der Waals surface area contributed by atoms with E-state index in [1.54, 1.807) is 6.07 Å². The highest BCUT2D eigenvalue weighted by Gasteiger charge is 2.43. The van der Waals surface area contributed by atoms with Gasteiger partial charge in [0, 0.05) is 11.7 Å². The average molecular weight is 388 g/mol. The van der Waals surface area contributed by atoms with Gasteiger partial charge < -0.3 is 4.90 Å². The molecule has 2 heterocycles. The standard InChI is InChI=1S/C19H17FN2O4S/c1-12-6-7-13-10-14(20)8-9-16(13)22(12)18(23)11-21-19(24)15-4-2-3-5-17(15)27(21,25)26/h2-5,8-10,12H,6-7,11H2,1H3. The number of benzene rings is 2. The van der Waals surface area contributed by atoms with E-state index < -0.39 is 28.4 Å². The van der Waals surface area contributed by atoms with Gasteiger partial charge >= 0.3 is 0 Å². The van der Waals surface area contributed by atoms with E-state index in [0.717, 1.165) is 0 Å². The van der Waals surface area contributed by atoms with E-state index in [1.165, 1.54) is 41.3 Å². The first kappa shape index (κ1) is 17.7. The van der Waals surface area contributed by atoms with Gasteiger partial charge in [-0.2, -0.15) is 0 Å². The molecule has 0 radical (unpaired) electrons. The molecule has 0 fully saturated rings. The average Bonchev–Trinajstić information content (AvgIpc) is 2.83. The molecule has 2 amide bonds. The van der Waals surface area contributed by atoms with Crippen LogP contribution in [0.3, 0.4) is 0 Å². The van der Waals surface area contributed by atoms with Gasteiger partial charge in [0.2, 0.25) is 5.91 Å². The Morgan fingerprint density at radius 3 is 2.70 bits per heavy atom. The van der Waals surface area contributed by atoms with Crippen LogP contribution in [-0.4, -0.2) is 37.1 Å². The fourth-order valence-corrected chi connectivity index (χ4v) is 5.20. The molecule has 0 N–H and O–H groups in total. The number of nitrogens with zero attached hydrogens (tertiary/aromatic N) is 2. The molecule has 2 aromatic rings. The number of hydrogen-bond acceptors (Lipinski definition) is 4. The number of carbonyl (C=O) groups excluding carboxylic acids is 2. The highest BCUT2D eigenvalue weighted by atomic mass is 32.2. The number of carbonyl (C=O) groups is 2. The molecule has 27 heavy (non-hydrogen) atoms. The second-order valence-corrected chi connectivity index (χ2v) is 8.57. The summed E-state index contributed by atoms with van der Waals surface area (Å²) in [7, 11) is -4.05. The third-order valence-electron chi connectivity index (χ3n) is 5.03. The number of sulfonamides is 1. The number of amides is 2. The van der Waals surface area contributed by atoms with E-state index in [1.807, 2.05) is 6.92 Å². The maximum Gasteiger partial charge on any atom is 0.269 e. The minimum absolute atomic E-state index is 0.0689. The zero-order valence-electron chi connectivity index (χ0n) is 14.6. The molecule has 6 nitrogen and oxygen atoms in total. The Hall–Kier alpha value is -2.74. The van der Waals surface area contributed by atoms with Crippen molar-refractivity contribution < 1.29 is 22.4 Å². The lowest BCUT2D eigenvalue weighted by atomic mass is 9.96. The number of aryl methyl sites for hydroxylation is 1. The molecule has 2 aromatic carbocycles. The van der Waals surface area contributed by atoms with Crippen molar-refractivity contribution in [2.24, 2.45) is 0 Å². The lowest BCUT2D eigenvalue weighted by Gasteiger charge is -2.36. The maximum atomic E-state index is 13.5. The second-order valence-electron chi connectivity index (χ2n) is 6.74. The summed E-state index contributed by atoms with van der Waals surface area (Å²) < 4.78 is 39.5. The van der Waals surface area contributed by atoms with Crippen LogP contribution >= 0.6 is 0 Å². The summed E-state index contributed by atoms with van der Waals surface area (Å²) in [5.41, 5.74) is 1.32. The van der Waals surface area contributed by atoms with Crippen LogP contribution in [0.15, 0.2) is 47.4 Å². The number of rotatable bonds is 2. The molecule has 2 aliphatic heterocycles. The molecule has 1 unspecified atom stereocenters. The zero-order chi connectivity index (χ0) is 19.3. The fraction of sp³-hybridized carbons (Fsp3) is 0.263. The number of halogens is 1. The minimum atomic E-state index is -4.05. The Bertz CT molecular complexity index is 1070. The van der Waals surface area contributed by atoms with Crippen molar-refractivity contribution in [3.8, 4) is 0 Å². The molecular weight excluding hydrogens is 371 g/mol. The highest BCUT2D eigenvalue weighted by molar-refractivity contribution is 7.90. The molecule has 0 spiro atoms. The maximum absolute atomic E-state index is 13.5. The van der Waals surface area contributed by atoms with Crippen molar-refractivity contribution in [2.45, 2.75) is 30.7 Å². The Labute approximate surface area is 156 Å². The van der Waals surface area contributed by atoms with Crippen LogP contribution in [0.4, 0.5) is 10.1 Å². The summed E-state index contributed by atoms with van der Waals surface area (Å²) in [6, 6.07) is 9.89. The fourth-order valence-electron chi connectivity index (χ4n) is 3.69. The van der Waals surface area contributed by atoms with Crippen LogP contribution in [0.25, 0.3) is 0 Å². The zero-order valence-corrected chi connectivity index (χ0v) is 15.4. The Balaban J connectivity index is 1.67. The first-order valence-corrected chi connectivity index (χ1v) is 10.0. The van der Waals surface area contributed by atoms with Crippen molar-refractivity contribution in [3.63, 3.8) is 0 Å². The molecular formula is C19H17FN2O4S. The van der Waals surface area contributed by atoms with Gasteiger partial charge in [-0.05, 0) is 55.7 Å². The lowest BCUT2D eigenvalue weighted by Crippen LogP contribution is -2.48. The van der Waals surface area contributed by atoms with Gasteiger partial charge in [0.05, 0.1) is 5.56 Å². The van der Waals surface area contributed by atoms with Gasteiger partial charge in [0.1, 0.15) is 17.3 Å². The van der Waals surface area contributed by atoms with Gasteiger partial charge in [-0.3, -0.25) is 9.59 Å². The van der Waals surface area contributed by atoms with Gasteiger partial charge in [-0.1, -0.05) is 12.1 Å². The van der Waals surface area contributed by atoms with Crippen LogP contribution in [0.1, 0.15) is 29.3 Å². The first-order chi connectivity index (χ1) is 12.8. The van der Waals surface area contributed by atoms with E-state index in [-0.39, 0.29) is 22.3 Å². The number of hydrogen-bond donors (Lipinski definition) is 0. The summed E-state index contributed by atoms with van der Waals surface area (Å²) in [6.45, 7) is 1.26. The van der Waals surface area contributed by atoms with E-state index in [2.05, 4.69) is 0 Å². The van der Waals surface area contributed by atoms with E-state index in [9.17, 15) is 22.4 Å². The molecule has 140 valence electrons. The van der Waals surface area contributed by atoms with Crippen LogP contribution < -0.4 is 4.90 Å². The Kier molecular flexibility index (Phi) is 4.03. The second kappa shape index (κ2) is 6.16. The molecule has 0 saturated heterocycles. The van der Waals surface area contributed by atoms with Gasteiger partial charge in [0.15, 0.2) is 0 Å². The normalized spacial score (nSPS) is 20.4. The summed E-state index contributed by atoms with van der Waals surface area (Å²) >= 11 is 0. The van der Waals surface area contributed by atoms with Crippen LogP contribution in [0, 0.1) is 5.82 Å². The van der Waals surface area contributed by atoms with Crippen molar-refractivity contribution in [1.29, 1.82) is 0 Å². The molecule has 2 aliphatic rings. The minimum Gasteiger partial charge on any atom is -0.308 e. The van der Waals surface area contributed by atoms with E-state index in [4.69, 9.17) is 0 Å². The summed E-state index contributed by atoms with van der Waals surface area (Å²) in [6.07, 6.45) is 1.26. The molecule has 0 aromatic heterocycles. The predicted molar refractivity (Wildman–Crippen MR) is 96.3 cm³/mol. The Morgan fingerprint density at radius 1 is 1.22 bits per heavy atom. The Morgan fingerprint density at radius 2 is 1.96 bits per heavy atom. The molecule has 4 rings (SSSR count). The van der Waals surface area contributed by atoms with Crippen molar-refractivity contribution in [3.05, 3.63) is 59.4 Å². The largest absolute Gasteiger partial charge is 0.308 e. The van der Waals surface area contributed by atoms with Crippen molar-refractivity contribution in [1.82, 2.24) is 4.31 Å². The quantitative estimate of drug-likeness (QED) is 0.792. The van der Waals surface area contributed by atoms with E-state index in [0.29, 0.717) is 28.4 Å². The summed E-state index contributed by atoms with van der Waals surface area (Å²) in [5.74, 6) is -1.61. The SMILES string of the molecule is CC1CCc2cc(F)ccc2N1C(=O)CN1C(=O)c2ccccc2S1(=O)=O. The number of fused-ring (bicyclic) bond motifs is 2. The van der Waals surface area contributed by atoms with Crippen LogP contribution in [0.5, 0.6) is 0 Å². The third kappa shape index (κ3) is 2.71. The van der Waals surface area contributed by atoms with Crippen molar-refractivity contribution in [2.75, 3.05) is 11.4 Å². The van der Waals surface area contributed by atoms with Gasteiger partial charge in [-0.25, -0.2) is 17.1 Å². The smallest absolute Gasteiger partial charge is 0.269 e. The lowest BCUT2D eigenvalue weighted by molar-refractivity contribution is -0.119. The van der Waals surface area contributed by atoms with Gasteiger partial charge in [-0.15, -0.1) is 0 Å². The molecule has 0 saturated carbocycles.